The largest absolute Gasteiger partial charge is 0.476 e. The molecule has 0 aromatic carbocycles. The highest BCUT2D eigenvalue weighted by molar-refractivity contribution is 14.1. The van der Waals surface area contributed by atoms with Gasteiger partial charge in [-0.15, -0.1) is 0 Å². The first-order chi connectivity index (χ1) is 5.16. The minimum Gasteiger partial charge on any atom is -0.476 e. The zero-order valence-corrected chi connectivity index (χ0v) is 8.07. The fourth-order valence-corrected chi connectivity index (χ4v) is 1.45. The molecule has 0 aliphatic rings. The van der Waals surface area contributed by atoms with Crippen molar-refractivity contribution >= 4 is 28.6 Å². The SMILES string of the molecule is CCn1ncc(I)c1C(=O)O. The predicted molar refractivity (Wildman–Crippen MR) is 47.6 cm³/mol. The Kier molecular flexibility index (Phi) is 2.48. The summed E-state index contributed by atoms with van der Waals surface area (Å²) < 4.78 is 2.14. The Morgan fingerprint density at radius 2 is 2.55 bits per heavy atom. The molecule has 1 aromatic heterocycles. The van der Waals surface area contributed by atoms with E-state index in [0.717, 1.165) is 0 Å². The summed E-state index contributed by atoms with van der Waals surface area (Å²) in [4.78, 5) is 10.6. The van der Waals surface area contributed by atoms with E-state index in [1.165, 1.54) is 4.68 Å². The summed E-state index contributed by atoms with van der Waals surface area (Å²) in [5, 5.41) is 12.6. The van der Waals surface area contributed by atoms with Crippen LogP contribution in [0.5, 0.6) is 0 Å². The third kappa shape index (κ3) is 1.52. The van der Waals surface area contributed by atoms with Crippen molar-refractivity contribution in [2.45, 2.75) is 13.5 Å². The van der Waals surface area contributed by atoms with Gasteiger partial charge in [-0.25, -0.2) is 4.79 Å². The maximum Gasteiger partial charge on any atom is 0.355 e. The van der Waals surface area contributed by atoms with Crippen molar-refractivity contribution in [3.8, 4) is 0 Å². The van der Waals surface area contributed by atoms with Crippen molar-refractivity contribution in [3.05, 3.63) is 15.5 Å². The van der Waals surface area contributed by atoms with Crippen LogP contribution in [0.1, 0.15) is 17.4 Å². The van der Waals surface area contributed by atoms with Crippen molar-refractivity contribution in [3.63, 3.8) is 0 Å². The minimum absolute atomic E-state index is 0.271. The smallest absolute Gasteiger partial charge is 0.355 e. The summed E-state index contributed by atoms with van der Waals surface area (Å²) in [5.41, 5.74) is 0.271. The summed E-state index contributed by atoms with van der Waals surface area (Å²) in [6.45, 7) is 2.44. The third-order valence-electron chi connectivity index (χ3n) is 1.30. The molecule has 0 amide bonds. The van der Waals surface area contributed by atoms with E-state index < -0.39 is 5.97 Å². The number of aromatic nitrogens is 2. The standard InChI is InChI=1S/C6H7IN2O2/c1-2-9-5(6(10)11)4(7)3-8-9/h3H,2H2,1H3,(H,10,11). The molecule has 0 radical (unpaired) electrons. The van der Waals surface area contributed by atoms with Crippen LogP contribution in [0.15, 0.2) is 6.20 Å². The van der Waals surface area contributed by atoms with E-state index in [4.69, 9.17) is 5.11 Å². The van der Waals surface area contributed by atoms with Crippen LogP contribution in [-0.2, 0) is 6.54 Å². The van der Waals surface area contributed by atoms with Crippen LogP contribution < -0.4 is 0 Å². The maximum absolute atomic E-state index is 10.6. The number of nitrogens with zero attached hydrogens (tertiary/aromatic N) is 2. The van der Waals surface area contributed by atoms with Crippen molar-refractivity contribution in [2.75, 3.05) is 0 Å². The Bertz CT molecular complexity index is 282. The van der Waals surface area contributed by atoms with E-state index in [1.807, 2.05) is 29.5 Å². The van der Waals surface area contributed by atoms with Gasteiger partial charge in [0.2, 0.25) is 0 Å². The molecule has 0 atom stereocenters. The molecule has 4 nitrogen and oxygen atoms in total. The van der Waals surface area contributed by atoms with Crippen LogP contribution in [0.2, 0.25) is 0 Å². The molecular weight excluding hydrogens is 259 g/mol. The van der Waals surface area contributed by atoms with Gasteiger partial charge in [0.1, 0.15) is 0 Å². The minimum atomic E-state index is -0.922. The Labute approximate surface area is 77.4 Å². The van der Waals surface area contributed by atoms with Gasteiger partial charge in [0, 0.05) is 6.54 Å². The van der Waals surface area contributed by atoms with Gasteiger partial charge in [-0.3, -0.25) is 4.68 Å². The molecule has 0 fully saturated rings. The second kappa shape index (κ2) is 3.21. The van der Waals surface area contributed by atoms with E-state index in [1.54, 1.807) is 6.20 Å². The number of halogens is 1. The Morgan fingerprint density at radius 3 is 2.91 bits per heavy atom. The van der Waals surface area contributed by atoms with Crippen LogP contribution in [0.25, 0.3) is 0 Å². The molecule has 60 valence electrons. The monoisotopic (exact) mass is 266 g/mol. The highest BCUT2D eigenvalue weighted by Crippen LogP contribution is 2.10. The number of aryl methyl sites for hydroxylation is 1. The zero-order chi connectivity index (χ0) is 8.43. The van der Waals surface area contributed by atoms with Gasteiger partial charge < -0.3 is 5.11 Å². The normalized spacial score (nSPS) is 10.0. The molecule has 0 saturated heterocycles. The number of carboxylic acid groups (broad SMARTS) is 1. The summed E-state index contributed by atoms with van der Waals surface area (Å²) in [6.07, 6.45) is 1.55. The lowest BCUT2D eigenvalue weighted by molar-refractivity contribution is 0.0682. The van der Waals surface area contributed by atoms with Crippen LogP contribution >= 0.6 is 22.6 Å². The molecule has 0 unspecified atom stereocenters. The van der Waals surface area contributed by atoms with E-state index in [-0.39, 0.29) is 5.69 Å². The number of carbonyl (C=O) groups is 1. The molecular formula is C6H7IN2O2. The molecule has 1 heterocycles. The number of hydrogen-bond donors (Lipinski definition) is 1. The molecule has 11 heavy (non-hydrogen) atoms. The predicted octanol–water partition coefficient (Wildman–Crippen LogP) is 1.21. The van der Waals surface area contributed by atoms with Gasteiger partial charge in [-0.2, -0.15) is 5.10 Å². The molecule has 5 heteroatoms. The molecule has 0 aliphatic heterocycles. The lowest BCUT2D eigenvalue weighted by atomic mass is 10.4. The second-order valence-corrected chi connectivity index (χ2v) is 3.12. The second-order valence-electron chi connectivity index (χ2n) is 1.96. The van der Waals surface area contributed by atoms with Crippen LogP contribution in [0.3, 0.4) is 0 Å². The highest BCUT2D eigenvalue weighted by atomic mass is 127. The number of carboxylic acids is 1. The number of rotatable bonds is 2. The summed E-state index contributed by atoms with van der Waals surface area (Å²) in [5.74, 6) is -0.922. The first-order valence-corrected chi connectivity index (χ1v) is 4.19. The van der Waals surface area contributed by atoms with Gasteiger partial charge in [-0.1, -0.05) is 0 Å². The van der Waals surface area contributed by atoms with Gasteiger partial charge >= 0.3 is 5.97 Å². The van der Waals surface area contributed by atoms with Crippen molar-refractivity contribution in [2.24, 2.45) is 0 Å². The number of aromatic carboxylic acids is 1. The Morgan fingerprint density at radius 1 is 1.91 bits per heavy atom. The summed E-state index contributed by atoms with van der Waals surface area (Å²) >= 11 is 1.96. The van der Waals surface area contributed by atoms with Crippen LogP contribution in [0.4, 0.5) is 0 Å². The van der Waals surface area contributed by atoms with Gasteiger partial charge in [-0.05, 0) is 29.5 Å². The van der Waals surface area contributed by atoms with Crippen molar-refractivity contribution in [1.29, 1.82) is 0 Å². The van der Waals surface area contributed by atoms with Gasteiger partial charge in [0.05, 0.1) is 9.77 Å². The fourth-order valence-electron chi connectivity index (χ4n) is 0.815. The summed E-state index contributed by atoms with van der Waals surface area (Å²) in [7, 11) is 0. The lowest BCUT2D eigenvalue weighted by Crippen LogP contribution is -2.09. The van der Waals surface area contributed by atoms with Crippen LogP contribution in [-0.4, -0.2) is 20.9 Å². The Balaban J connectivity index is 3.17. The average molecular weight is 266 g/mol. The zero-order valence-electron chi connectivity index (χ0n) is 5.91. The maximum atomic E-state index is 10.6. The topological polar surface area (TPSA) is 55.1 Å². The fraction of sp³-hybridized carbons (Fsp3) is 0.333. The molecule has 0 bridgehead atoms. The molecule has 0 saturated carbocycles. The van der Waals surface area contributed by atoms with E-state index in [9.17, 15) is 4.79 Å². The van der Waals surface area contributed by atoms with Crippen molar-refractivity contribution in [1.82, 2.24) is 9.78 Å². The summed E-state index contributed by atoms with van der Waals surface area (Å²) in [6, 6.07) is 0. The molecule has 1 rings (SSSR count). The van der Waals surface area contributed by atoms with E-state index in [0.29, 0.717) is 10.1 Å². The molecule has 1 N–H and O–H groups in total. The first-order valence-electron chi connectivity index (χ1n) is 3.11. The quantitative estimate of drug-likeness (QED) is 0.818. The van der Waals surface area contributed by atoms with Gasteiger partial charge in [0.25, 0.3) is 0 Å². The van der Waals surface area contributed by atoms with Gasteiger partial charge in [0.15, 0.2) is 5.69 Å². The lowest BCUT2D eigenvalue weighted by Gasteiger charge is -1.98. The average Bonchev–Trinajstić information content (AvgIpc) is 2.30. The highest BCUT2D eigenvalue weighted by Gasteiger charge is 2.13. The molecule has 0 aliphatic carbocycles. The van der Waals surface area contributed by atoms with E-state index >= 15 is 0 Å². The number of hydrogen-bond acceptors (Lipinski definition) is 2. The first kappa shape index (κ1) is 8.51. The third-order valence-corrected chi connectivity index (χ3v) is 2.09. The molecule has 0 spiro atoms. The molecule has 1 aromatic rings. The Hall–Kier alpha value is -0.590. The van der Waals surface area contributed by atoms with E-state index in [2.05, 4.69) is 5.10 Å². The van der Waals surface area contributed by atoms with Crippen molar-refractivity contribution < 1.29 is 9.90 Å². The van der Waals surface area contributed by atoms with Crippen LogP contribution in [0, 0.1) is 3.57 Å².